The Morgan fingerprint density at radius 1 is 1.29 bits per heavy atom. The Morgan fingerprint density at radius 2 is 2.14 bits per heavy atom. The van der Waals surface area contributed by atoms with Crippen molar-refractivity contribution in [2.24, 2.45) is 0 Å². The number of benzene rings is 1. The molecule has 0 spiro atoms. The van der Waals surface area contributed by atoms with Gasteiger partial charge in [0.05, 0.1) is 5.69 Å². The highest BCUT2D eigenvalue weighted by Crippen LogP contribution is 2.23. The summed E-state index contributed by atoms with van der Waals surface area (Å²) in [6.07, 6.45) is 2.36. The van der Waals surface area contributed by atoms with Crippen LogP contribution in [0.4, 0.5) is 5.69 Å². The molecule has 0 amide bonds. The van der Waals surface area contributed by atoms with Gasteiger partial charge in [0, 0.05) is 12.7 Å². The second-order valence-corrected chi connectivity index (χ2v) is 5.05. The summed E-state index contributed by atoms with van der Waals surface area (Å²) in [6.45, 7) is 0.834. The van der Waals surface area contributed by atoms with E-state index >= 15 is 0 Å². The molecule has 1 aliphatic rings. The molecule has 0 atom stereocenters. The monoisotopic (exact) mass is 208 g/mol. The van der Waals surface area contributed by atoms with E-state index in [-0.39, 0.29) is 0 Å². The van der Waals surface area contributed by atoms with Crippen LogP contribution in [0.3, 0.4) is 0 Å². The Kier molecular flexibility index (Phi) is 3.05. The molecule has 1 heterocycles. The average Bonchev–Trinajstić information content (AvgIpc) is 2.23. The van der Waals surface area contributed by atoms with Crippen LogP contribution < -0.4 is 10.2 Å². The third kappa shape index (κ3) is 2.27. The van der Waals surface area contributed by atoms with Gasteiger partial charge in [-0.05, 0) is 25.0 Å². The Bertz CT molecular complexity index is 300. The number of rotatable bonds is 2. The molecule has 1 saturated heterocycles. The lowest BCUT2D eigenvalue weighted by molar-refractivity contribution is 0.237. The highest BCUT2D eigenvalue weighted by Gasteiger charge is 2.22. The summed E-state index contributed by atoms with van der Waals surface area (Å²) < 4.78 is 11.3. The first-order valence-corrected chi connectivity index (χ1v) is 6.39. The molecule has 4 heteroatoms. The lowest BCUT2D eigenvalue weighted by Gasteiger charge is -2.20. The van der Waals surface area contributed by atoms with Crippen LogP contribution in [-0.2, 0) is 4.43 Å². The average molecular weight is 208 g/mol. The fraction of sp³-hybridized carbons (Fsp3) is 0.400. The lowest BCUT2D eigenvalue weighted by Crippen LogP contribution is -2.30. The van der Waals surface area contributed by atoms with Crippen molar-refractivity contribution < 1.29 is 8.85 Å². The summed E-state index contributed by atoms with van der Waals surface area (Å²) in [5.74, 6) is 0.767. The first kappa shape index (κ1) is 9.55. The maximum atomic E-state index is 5.77. The highest BCUT2D eigenvalue weighted by molar-refractivity contribution is 6.45. The van der Waals surface area contributed by atoms with Crippen LogP contribution in [0.5, 0.6) is 5.75 Å². The Balaban J connectivity index is 1.99. The number of nitrogen functional groups attached to an aromatic ring is 1. The molecule has 14 heavy (non-hydrogen) atoms. The second kappa shape index (κ2) is 4.48. The van der Waals surface area contributed by atoms with Gasteiger partial charge in [-0.3, -0.25) is 0 Å². The van der Waals surface area contributed by atoms with Gasteiger partial charge in [0.25, 0.3) is 0 Å². The normalized spacial score (nSPS) is 18.0. The predicted molar refractivity (Wildman–Crippen MR) is 57.2 cm³/mol. The molecule has 2 rings (SSSR count). The lowest BCUT2D eigenvalue weighted by atomic mass is 10.3. The van der Waals surface area contributed by atoms with Gasteiger partial charge in [-0.15, -0.1) is 0 Å². The van der Waals surface area contributed by atoms with E-state index in [9.17, 15) is 0 Å². The van der Waals surface area contributed by atoms with E-state index in [2.05, 4.69) is 0 Å². The van der Waals surface area contributed by atoms with Crippen LogP contribution in [0.25, 0.3) is 0 Å². The Labute approximate surface area is 85.7 Å². The quantitative estimate of drug-likeness (QED) is 0.597. The van der Waals surface area contributed by atoms with Gasteiger partial charge in [0.1, 0.15) is 5.75 Å². The van der Waals surface area contributed by atoms with Crippen LogP contribution in [-0.4, -0.2) is 15.9 Å². The molecule has 0 unspecified atom stereocenters. The third-order valence-electron chi connectivity index (χ3n) is 2.18. The summed E-state index contributed by atoms with van der Waals surface area (Å²) in [5.41, 5.74) is 6.47. The molecule has 1 aliphatic heterocycles. The molecule has 75 valence electrons. The molecule has 1 aromatic rings. The van der Waals surface area contributed by atoms with Gasteiger partial charge < -0.3 is 14.6 Å². The van der Waals surface area contributed by atoms with Gasteiger partial charge in [-0.1, -0.05) is 12.1 Å². The Morgan fingerprint density at radius 3 is 2.86 bits per heavy atom. The van der Waals surface area contributed by atoms with E-state index in [0.29, 0.717) is 5.69 Å². The molecule has 2 N–H and O–H groups in total. The Hall–Kier alpha value is -1.00. The van der Waals surface area contributed by atoms with E-state index in [4.69, 9.17) is 14.6 Å². The first-order chi connectivity index (χ1) is 6.86. The van der Waals surface area contributed by atoms with Gasteiger partial charge in [-0.25, -0.2) is 0 Å². The smallest absolute Gasteiger partial charge is 0.457 e. The molecule has 3 nitrogen and oxygen atoms in total. The summed E-state index contributed by atoms with van der Waals surface area (Å²) in [4.78, 5) is 0. The van der Waals surface area contributed by atoms with Crippen LogP contribution in [0.15, 0.2) is 24.3 Å². The largest absolute Gasteiger partial charge is 0.517 e. The summed E-state index contributed by atoms with van der Waals surface area (Å²) in [5, 5.41) is 0. The van der Waals surface area contributed by atoms with Crippen LogP contribution in [0, 0.1) is 0 Å². The SMILES string of the molecule is Nc1ccccc1O[Si]1CCCCO1. The molecule has 0 aromatic heterocycles. The minimum Gasteiger partial charge on any atom is -0.517 e. The summed E-state index contributed by atoms with van der Waals surface area (Å²) in [7, 11) is -1.10. The number of nitrogens with two attached hydrogens (primary N) is 1. The van der Waals surface area contributed by atoms with Gasteiger partial charge >= 0.3 is 9.28 Å². The predicted octanol–water partition coefficient (Wildman–Crippen LogP) is 1.95. The molecule has 0 saturated carbocycles. The zero-order valence-corrected chi connectivity index (χ0v) is 9.03. The maximum Gasteiger partial charge on any atom is 0.457 e. The van der Waals surface area contributed by atoms with Crippen molar-refractivity contribution in [3.8, 4) is 5.75 Å². The van der Waals surface area contributed by atoms with Crippen molar-refractivity contribution in [3.63, 3.8) is 0 Å². The molecule has 0 bridgehead atoms. The number of anilines is 1. The molecule has 1 radical (unpaired) electrons. The van der Waals surface area contributed by atoms with Crippen LogP contribution >= 0.6 is 0 Å². The molecule has 0 aliphatic carbocycles. The van der Waals surface area contributed by atoms with E-state index in [1.54, 1.807) is 0 Å². The fourth-order valence-electron chi connectivity index (χ4n) is 1.41. The topological polar surface area (TPSA) is 44.5 Å². The number of para-hydroxylation sites is 2. The zero-order chi connectivity index (χ0) is 9.80. The van der Waals surface area contributed by atoms with E-state index in [0.717, 1.165) is 24.8 Å². The first-order valence-electron chi connectivity index (χ1n) is 4.87. The van der Waals surface area contributed by atoms with Crippen molar-refractivity contribution in [2.75, 3.05) is 12.3 Å². The van der Waals surface area contributed by atoms with Gasteiger partial charge in [-0.2, -0.15) is 0 Å². The molecular weight excluding hydrogens is 194 g/mol. The number of hydrogen-bond donors (Lipinski definition) is 1. The van der Waals surface area contributed by atoms with Crippen LogP contribution in [0.1, 0.15) is 12.8 Å². The van der Waals surface area contributed by atoms with Crippen molar-refractivity contribution >= 4 is 15.0 Å². The van der Waals surface area contributed by atoms with Crippen LogP contribution in [0.2, 0.25) is 6.04 Å². The highest BCUT2D eigenvalue weighted by atomic mass is 28.3. The third-order valence-corrected chi connectivity index (χ3v) is 3.92. The van der Waals surface area contributed by atoms with Crippen molar-refractivity contribution in [2.45, 2.75) is 18.9 Å². The minimum atomic E-state index is -1.10. The molecule has 1 fully saturated rings. The summed E-state index contributed by atoms with van der Waals surface area (Å²) >= 11 is 0. The summed E-state index contributed by atoms with van der Waals surface area (Å²) in [6, 6.07) is 8.63. The van der Waals surface area contributed by atoms with Gasteiger partial charge in [0.15, 0.2) is 0 Å². The minimum absolute atomic E-state index is 0.694. The van der Waals surface area contributed by atoms with Gasteiger partial charge in [0.2, 0.25) is 0 Å². The standard InChI is InChI=1S/C10H14NO2Si/c11-9-5-1-2-6-10(9)13-14-8-4-3-7-12-14/h1-2,5-6H,3-4,7-8,11H2. The van der Waals surface area contributed by atoms with Crippen molar-refractivity contribution in [1.82, 2.24) is 0 Å². The molecule has 1 aromatic carbocycles. The fourth-order valence-corrected chi connectivity index (χ4v) is 3.05. The number of hydrogen-bond acceptors (Lipinski definition) is 3. The zero-order valence-electron chi connectivity index (χ0n) is 8.03. The van der Waals surface area contributed by atoms with E-state index < -0.39 is 9.28 Å². The maximum absolute atomic E-state index is 5.77. The second-order valence-electron chi connectivity index (χ2n) is 3.32. The van der Waals surface area contributed by atoms with E-state index in [1.807, 2.05) is 24.3 Å². The van der Waals surface area contributed by atoms with Crippen molar-refractivity contribution in [1.29, 1.82) is 0 Å². The van der Waals surface area contributed by atoms with Crippen molar-refractivity contribution in [3.05, 3.63) is 24.3 Å². The molecular formula is C10H14NO2Si. The van der Waals surface area contributed by atoms with E-state index in [1.165, 1.54) is 6.42 Å².